The Hall–Kier alpha value is -0.895. The molecule has 0 radical (unpaired) electrons. The summed E-state index contributed by atoms with van der Waals surface area (Å²) in [5.41, 5.74) is 9.05. The monoisotopic (exact) mass is 388 g/mol. The van der Waals surface area contributed by atoms with Gasteiger partial charge in [0.15, 0.2) is 0 Å². The molecule has 0 unspecified atom stereocenters. The fraction of sp³-hybridized carbons (Fsp3) is 0.909. The highest BCUT2D eigenvalue weighted by Crippen LogP contribution is 2.32. The predicted octanol–water partition coefficient (Wildman–Crippen LogP) is -2.62. The van der Waals surface area contributed by atoms with Gasteiger partial charge >= 0.3 is 13.1 Å². The van der Waals surface area contributed by atoms with Crippen LogP contribution in [0.5, 0.6) is 0 Å². The number of nitrogens with two attached hydrogens (primary N) is 2. The standard InChI is InChI=1S/C11H23BF2N4O6S/c13-9(14)8(4-15)17-25(23,24)18-5-7(2-1-3-12(21)22)11(16,6-18)10(19)20/h7-9,17,21-22H,1-6,15-16H2,(H,19,20)/t7-,8-,11-/m0/s1. The fourth-order valence-corrected chi connectivity index (χ4v) is 4.17. The highest BCUT2D eigenvalue weighted by molar-refractivity contribution is 7.87. The first kappa shape index (κ1) is 22.1. The summed E-state index contributed by atoms with van der Waals surface area (Å²) < 4.78 is 52.4. The van der Waals surface area contributed by atoms with Crippen molar-refractivity contribution in [3.63, 3.8) is 0 Å². The van der Waals surface area contributed by atoms with Crippen LogP contribution in [0, 0.1) is 5.92 Å². The van der Waals surface area contributed by atoms with E-state index in [9.17, 15) is 27.1 Å². The second kappa shape index (κ2) is 8.66. The molecule has 146 valence electrons. The molecule has 1 heterocycles. The van der Waals surface area contributed by atoms with Crippen molar-refractivity contribution in [2.75, 3.05) is 19.6 Å². The van der Waals surface area contributed by atoms with E-state index in [4.69, 9.17) is 21.5 Å². The molecule has 0 saturated carbocycles. The molecule has 0 amide bonds. The first-order chi connectivity index (χ1) is 11.4. The van der Waals surface area contributed by atoms with Crippen LogP contribution in [0.4, 0.5) is 8.78 Å². The number of halogens is 2. The zero-order valence-electron chi connectivity index (χ0n) is 13.4. The number of carbonyl (C=O) groups is 1. The van der Waals surface area contributed by atoms with Gasteiger partial charge in [-0.05, 0) is 12.7 Å². The summed E-state index contributed by atoms with van der Waals surface area (Å²) >= 11 is 0. The van der Waals surface area contributed by atoms with Gasteiger partial charge < -0.3 is 26.6 Å². The molecule has 1 rings (SSSR count). The maximum Gasteiger partial charge on any atom is 0.451 e. The Morgan fingerprint density at radius 2 is 2.04 bits per heavy atom. The van der Waals surface area contributed by atoms with Crippen molar-refractivity contribution in [1.29, 1.82) is 0 Å². The Bertz CT molecular complexity index is 569. The fourth-order valence-electron chi connectivity index (χ4n) is 2.68. The van der Waals surface area contributed by atoms with Crippen molar-refractivity contribution in [2.24, 2.45) is 17.4 Å². The van der Waals surface area contributed by atoms with E-state index in [0.29, 0.717) is 4.31 Å². The van der Waals surface area contributed by atoms with E-state index < -0.39 is 60.3 Å². The van der Waals surface area contributed by atoms with Crippen LogP contribution in [-0.2, 0) is 15.0 Å². The lowest BCUT2D eigenvalue weighted by Crippen LogP contribution is -2.56. The average molecular weight is 388 g/mol. The molecule has 1 aliphatic heterocycles. The molecule has 0 bridgehead atoms. The highest BCUT2D eigenvalue weighted by atomic mass is 32.2. The minimum atomic E-state index is -4.41. The van der Waals surface area contributed by atoms with E-state index in [1.165, 1.54) is 0 Å². The molecule has 25 heavy (non-hydrogen) atoms. The summed E-state index contributed by atoms with van der Waals surface area (Å²) in [6, 6.07) is -1.80. The van der Waals surface area contributed by atoms with Crippen LogP contribution in [0.25, 0.3) is 0 Å². The molecule has 10 nitrogen and oxygen atoms in total. The zero-order valence-corrected chi connectivity index (χ0v) is 14.2. The first-order valence-corrected chi connectivity index (χ1v) is 9.02. The van der Waals surface area contributed by atoms with Gasteiger partial charge in [0.1, 0.15) is 5.54 Å². The number of nitrogens with zero attached hydrogens (tertiary/aromatic N) is 1. The molecule has 1 fully saturated rings. The van der Waals surface area contributed by atoms with Gasteiger partial charge in [0.2, 0.25) is 0 Å². The van der Waals surface area contributed by atoms with Gasteiger partial charge in [-0.25, -0.2) is 8.78 Å². The van der Waals surface area contributed by atoms with E-state index in [-0.39, 0.29) is 25.7 Å². The second-order valence-electron chi connectivity index (χ2n) is 6.05. The van der Waals surface area contributed by atoms with E-state index in [1.807, 2.05) is 0 Å². The molecule has 8 N–H and O–H groups in total. The van der Waals surface area contributed by atoms with Crippen molar-refractivity contribution in [1.82, 2.24) is 9.03 Å². The lowest BCUT2D eigenvalue weighted by Gasteiger charge is -2.25. The number of hydrogen-bond donors (Lipinski definition) is 6. The van der Waals surface area contributed by atoms with Crippen LogP contribution in [0.1, 0.15) is 12.8 Å². The van der Waals surface area contributed by atoms with Crippen molar-refractivity contribution < 1.29 is 37.1 Å². The van der Waals surface area contributed by atoms with Crippen molar-refractivity contribution in [3.05, 3.63) is 0 Å². The Kier molecular flexibility index (Phi) is 7.67. The van der Waals surface area contributed by atoms with E-state index in [1.54, 1.807) is 4.72 Å². The average Bonchev–Trinajstić information content (AvgIpc) is 2.84. The van der Waals surface area contributed by atoms with Crippen molar-refractivity contribution in [3.8, 4) is 0 Å². The summed E-state index contributed by atoms with van der Waals surface area (Å²) in [5, 5.41) is 27.0. The lowest BCUT2D eigenvalue weighted by atomic mass is 9.78. The Balaban J connectivity index is 2.90. The van der Waals surface area contributed by atoms with Crippen LogP contribution in [0.15, 0.2) is 0 Å². The summed E-state index contributed by atoms with van der Waals surface area (Å²) in [6.45, 7) is -1.51. The molecule has 0 aromatic rings. The van der Waals surface area contributed by atoms with Gasteiger partial charge in [0, 0.05) is 25.6 Å². The maximum atomic E-state index is 12.7. The summed E-state index contributed by atoms with van der Waals surface area (Å²) in [7, 11) is -5.99. The number of aliphatic carboxylic acids is 1. The smallest absolute Gasteiger partial charge is 0.451 e. The van der Waals surface area contributed by atoms with E-state index >= 15 is 0 Å². The molecule has 3 atom stereocenters. The predicted molar refractivity (Wildman–Crippen MR) is 84.8 cm³/mol. The van der Waals surface area contributed by atoms with Gasteiger partial charge in [-0.15, -0.1) is 0 Å². The second-order valence-corrected chi connectivity index (χ2v) is 7.75. The third-order valence-corrected chi connectivity index (χ3v) is 5.76. The number of carboxylic acids is 1. The molecule has 0 aliphatic carbocycles. The van der Waals surface area contributed by atoms with Crippen LogP contribution in [0.3, 0.4) is 0 Å². The highest BCUT2D eigenvalue weighted by Gasteiger charge is 2.52. The van der Waals surface area contributed by atoms with Crippen LogP contribution in [-0.4, -0.2) is 78.6 Å². The topological polar surface area (TPSA) is 179 Å². The summed E-state index contributed by atoms with van der Waals surface area (Å²) in [5.74, 6) is -2.24. The Morgan fingerprint density at radius 3 is 2.48 bits per heavy atom. The minimum Gasteiger partial charge on any atom is -0.480 e. The van der Waals surface area contributed by atoms with Crippen LogP contribution >= 0.6 is 0 Å². The van der Waals surface area contributed by atoms with Gasteiger partial charge in [-0.1, -0.05) is 6.42 Å². The number of alkyl halides is 2. The number of carboxylic acid groups (broad SMARTS) is 1. The number of nitrogens with one attached hydrogen (secondary N) is 1. The van der Waals surface area contributed by atoms with Gasteiger partial charge in [-0.2, -0.15) is 17.4 Å². The van der Waals surface area contributed by atoms with Crippen LogP contribution < -0.4 is 16.2 Å². The Labute approximate surface area is 144 Å². The third kappa shape index (κ3) is 5.54. The van der Waals surface area contributed by atoms with Crippen LogP contribution in [0.2, 0.25) is 6.32 Å². The number of hydrogen-bond acceptors (Lipinski definition) is 7. The molecular formula is C11H23BF2N4O6S. The molecule has 0 spiro atoms. The minimum absolute atomic E-state index is 0.0299. The normalized spacial score (nSPS) is 26.1. The Morgan fingerprint density at radius 1 is 1.44 bits per heavy atom. The quantitative estimate of drug-likeness (QED) is 0.220. The van der Waals surface area contributed by atoms with Gasteiger partial charge in [0.25, 0.3) is 16.6 Å². The summed E-state index contributed by atoms with van der Waals surface area (Å²) in [4.78, 5) is 11.5. The van der Waals surface area contributed by atoms with E-state index in [2.05, 4.69) is 0 Å². The first-order valence-electron chi connectivity index (χ1n) is 7.58. The van der Waals surface area contributed by atoms with Gasteiger partial charge in [-0.3, -0.25) is 4.79 Å². The summed E-state index contributed by atoms with van der Waals surface area (Å²) in [6.07, 6.45) is -2.72. The molecule has 1 aliphatic rings. The molecule has 14 heteroatoms. The molecule has 0 aromatic carbocycles. The maximum absolute atomic E-state index is 12.7. The molecule has 1 saturated heterocycles. The van der Waals surface area contributed by atoms with Crippen molar-refractivity contribution >= 4 is 23.3 Å². The van der Waals surface area contributed by atoms with Crippen molar-refractivity contribution in [2.45, 2.75) is 37.2 Å². The number of rotatable bonds is 10. The van der Waals surface area contributed by atoms with E-state index in [0.717, 1.165) is 0 Å². The lowest BCUT2D eigenvalue weighted by molar-refractivity contribution is -0.144. The largest absolute Gasteiger partial charge is 0.480 e. The zero-order chi connectivity index (χ0) is 19.4. The third-order valence-electron chi connectivity index (χ3n) is 4.20. The molecule has 0 aromatic heterocycles. The van der Waals surface area contributed by atoms with Gasteiger partial charge in [0.05, 0.1) is 6.04 Å². The SMILES string of the molecule is NC[C@H](NS(=O)(=O)N1C[C@H](CCCB(O)O)[C@](N)(C(=O)O)C1)C(F)F. The molecular weight excluding hydrogens is 365 g/mol.